The fourth-order valence-electron chi connectivity index (χ4n) is 3.03. The maximum atomic E-state index is 12.8. The number of amides is 3. The molecule has 140 valence electrons. The maximum Gasteiger partial charge on any atom is 0.254 e. The molecule has 0 aliphatic carbocycles. The molecule has 6 nitrogen and oxygen atoms in total. The first kappa shape index (κ1) is 18.6. The Morgan fingerprint density at radius 1 is 1.04 bits per heavy atom. The molecule has 0 aromatic heterocycles. The van der Waals surface area contributed by atoms with Crippen LogP contribution in [-0.2, 0) is 16.0 Å². The minimum Gasteiger partial charge on any atom is -0.359 e. The SMILES string of the molecule is CNC(=O)Cc1ccc(-c2cccc(C(=O)N3CCN(C)C(=O)C3)c2)cc1. The highest BCUT2D eigenvalue weighted by molar-refractivity contribution is 5.98. The second-order valence-corrected chi connectivity index (χ2v) is 6.67. The van der Waals surface area contributed by atoms with Gasteiger partial charge in [0.2, 0.25) is 11.8 Å². The predicted molar refractivity (Wildman–Crippen MR) is 103 cm³/mol. The molecule has 2 aromatic rings. The molecule has 1 N–H and O–H groups in total. The second kappa shape index (κ2) is 8.03. The number of benzene rings is 2. The Bertz CT molecular complexity index is 861. The van der Waals surface area contributed by atoms with Crippen molar-refractivity contribution in [1.82, 2.24) is 15.1 Å². The van der Waals surface area contributed by atoms with Crippen molar-refractivity contribution in [3.8, 4) is 11.1 Å². The summed E-state index contributed by atoms with van der Waals surface area (Å²) in [6.07, 6.45) is 0.340. The topological polar surface area (TPSA) is 69.7 Å². The highest BCUT2D eigenvalue weighted by Crippen LogP contribution is 2.22. The van der Waals surface area contributed by atoms with Crippen molar-refractivity contribution >= 4 is 17.7 Å². The summed E-state index contributed by atoms with van der Waals surface area (Å²) in [7, 11) is 3.37. The minimum atomic E-state index is -0.130. The molecule has 0 saturated carbocycles. The molecule has 0 atom stereocenters. The van der Waals surface area contributed by atoms with E-state index in [2.05, 4.69) is 5.32 Å². The lowest BCUT2D eigenvalue weighted by Crippen LogP contribution is -2.50. The van der Waals surface area contributed by atoms with Crippen LogP contribution in [-0.4, -0.2) is 61.3 Å². The molecule has 3 amide bonds. The van der Waals surface area contributed by atoms with Gasteiger partial charge in [-0.2, -0.15) is 0 Å². The fraction of sp³-hybridized carbons (Fsp3) is 0.286. The van der Waals surface area contributed by atoms with E-state index in [9.17, 15) is 14.4 Å². The highest BCUT2D eigenvalue weighted by Gasteiger charge is 2.25. The number of carbonyl (C=O) groups is 3. The van der Waals surface area contributed by atoms with Crippen LogP contribution in [0.5, 0.6) is 0 Å². The lowest BCUT2D eigenvalue weighted by atomic mass is 10.0. The number of nitrogens with zero attached hydrogens (tertiary/aromatic N) is 2. The van der Waals surface area contributed by atoms with Crippen LogP contribution in [0.15, 0.2) is 48.5 Å². The number of carbonyl (C=O) groups excluding carboxylic acids is 3. The second-order valence-electron chi connectivity index (χ2n) is 6.67. The number of hydrogen-bond acceptors (Lipinski definition) is 3. The molecule has 1 fully saturated rings. The molecule has 27 heavy (non-hydrogen) atoms. The van der Waals surface area contributed by atoms with E-state index >= 15 is 0 Å². The van der Waals surface area contributed by atoms with Crippen molar-refractivity contribution in [2.45, 2.75) is 6.42 Å². The zero-order valence-corrected chi connectivity index (χ0v) is 15.6. The highest BCUT2D eigenvalue weighted by atomic mass is 16.2. The van der Waals surface area contributed by atoms with Gasteiger partial charge < -0.3 is 15.1 Å². The van der Waals surface area contributed by atoms with E-state index in [1.807, 2.05) is 42.5 Å². The van der Waals surface area contributed by atoms with E-state index in [0.717, 1.165) is 16.7 Å². The number of hydrogen-bond donors (Lipinski definition) is 1. The molecule has 6 heteroatoms. The largest absolute Gasteiger partial charge is 0.359 e. The van der Waals surface area contributed by atoms with Crippen LogP contribution in [0.2, 0.25) is 0 Å². The van der Waals surface area contributed by atoms with Gasteiger partial charge in [0.05, 0.1) is 6.42 Å². The smallest absolute Gasteiger partial charge is 0.254 e. The third-order valence-corrected chi connectivity index (χ3v) is 4.78. The lowest BCUT2D eigenvalue weighted by Gasteiger charge is -2.32. The van der Waals surface area contributed by atoms with E-state index in [1.54, 1.807) is 30.0 Å². The molecule has 3 rings (SSSR count). The van der Waals surface area contributed by atoms with Gasteiger partial charge in [-0.05, 0) is 28.8 Å². The average Bonchev–Trinajstić information content (AvgIpc) is 2.70. The first-order valence-electron chi connectivity index (χ1n) is 8.91. The zero-order chi connectivity index (χ0) is 19.4. The summed E-state index contributed by atoms with van der Waals surface area (Å²) in [5.41, 5.74) is 3.40. The van der Waals surface area contributed by atoms with Crippen LogP contribution in [0.4, 0.5) is 0 Å². The van der Waals surface area contributed by atoms with Crippen LogP contribution in [0.1, 0.15) is 15.9 Å². The number of rotatable bonds is 4. The van der Waals surface area contributed by atoms with E-state index in [1.165, 1.54) is 0 Å². The summed E-state index contributed by atoms with van der Waals surface area (Å²) in [6, 6.07) is 15.1. The van der Waals surface area contributed by atoms with Gasteiger partial charge in [0, 0.05) is 32.7 Å². The molecule has 2 aromatic carbocycles. The molecule has 1 saturated heterocycles. The number of piperazine rings is 1. The van der Waals surface area contributed by atoms with Crippen molar-refractivity contribution < 1.29 is 14.4 Å². The Morgan fingerprint density at radius 3 is 2.44 bits per heavy atom. The van der Waals surface area contributed by atoms with E-state index in [0.29, 0.717) is 25.1 Å². The Balaban J connectivity index is 1.76. The van der Waals surface area contributed by atoms with E-state index < -0.39 is 0 Å². The maximum absolute atomic E-state index is 12.8. The van der Waals surface area contributed by atoms with Gasteiger partial charge in [0.15, 0.2) is 0 Å². The summed E-state index contributed by atoms with van der Waals surface area (Å²) in [5.74, 6) is -0.205. The van der Waals surface area contributed by atoms with Crippen LogP contribution in [0, 0.1) is 0 Å². The molecule has 0 radical (unpaired) electrons. The normalized spacial score (nSPS) is 14.2. The molecular formula is C21H23N3O3. The van der Waals surface area contributed by atoms with Gasteiger partial charge in [-0.3, -0.25) is 14.4 Å². The Kier molecular flexibility index (Phi) is 5.54. The third-order valence-electron chi connectivity index (χ3n) is 4.78. The van der Waals surface area contributed by atoms with Gasteiger partial charge >= 0.3 is 0 Å². The minimum absolute atomic E-state index is 0.0305. The summed E-state index contributed by atoms with van der Waals surface area (Å²) >= 11 is 0. The van der Waals surface area contributed by atoms with Crippen molar-refractivity contribution in [2.24, 2.45) is 0 Å². The van der Waals surface area contributed by atoms with Crippen molar-refractivity contribution in [3.63, 3.8) is 0 Å². The third kappa shape index (κ3) is 4.34. The summed E-state index contributed by atoms with van der Waals surface area (Å²) in [4.78, 5) is 39.3. The first-order valence-corrected chi connectivity index (χ1v) is 8.91. The Morgan fingerprint density at radius 2 is 1.78 bits per heavy atom. The van der Waals surface area contributed by atoms with Crippen molar-refractivity contribution in [3.05, 3.63) is 59.7 Å². The van der Waals surface area contributed by atoms with E-state index in [-0.39, 0.29) is 24.3 Å². The molecular weight excluding hydrogens is 342 g/mol. The zero-order valence-electron chi connectivity index (χ0n) is 15.6. The van der Waals surface area contributed by atoms with E-state index in [4.69, 9.17) is 0 Å². The molecule has 0 unspecified atom stereocenters. The quantitative estimate of drug-likeness (QED) is 0.894. The number of likely N-dealkylation sites (N-methyl/N-ethyl adjacent to an activating group) is 2. The van der Waals surface area contributed by atoms with Crippen LogP contribution in [0.3, 0.4) is 0 Å². The molecule has 0 bridgehead atoms. The Hall–Kier alpha value is -3.15. The molecule has 1 heterocycles. The van der Waals surface area contributed by atoms with Gasteiger partial charge in [0.25, 0.3) is 5.91 Å². The summed E-state index contributed by atoms with van der Waals surface area (Å²) in [6.45, 7) is 1.21. The molecule has 1 aliphatic heterocycles. The summed E-state index contributed by atoms with van der Waals surface area (Å²) in [5, 5.41) is 2.61. The average molecular weight is 365 g/mol. The van der Waals surface area contributed by atoms with Crippen molar-refractivity contribution in [2.75, 3.05) is 33.7 Å². The fourth-order valence-corrected chi connectivity index (χ4v) is 3.03. The molecule has 0 spiro atoms. The van der Waals surface area contributed by atoms with Gasteiger partial charge in [-0.15, -0.1) is 0 Å². The molecule has 1 aliphatic rings. The van der Waals surface area contributed by atoms with Crippen LogP contribution in [0.25, 0.3) is 11.1 Å². The lowest BCUT2D eigenvalue weighted by molar-refractivity contribution is -0.133. The van der Waals surface area contributed by atoms with Gasteiger partial charge in [0.1, 0.15) is 6.54 Å². The number of nitrogens with one attached hydrogen (secondary N) is 1. The monoisotopic (exact) mass is 365 g/mol. The Labute approximate surface area is 158 Å². The predicted octanol–water partition coefficient (Wildman–Crippen LogP) is 1.56. The van der Waals surface area contributed by atoms with Crippen molar-refractivity contribution in [1.29, 1.82) is 0 Å². The summed E-state index contributed by atoms with van der Waals surface area (Å²) < 4.78 is 0. The van der Waals surface area contributed by atoms with Crippen LogP contribution < -0.4 is 5.32 Å². The first-order chi connectivity index (χ1) is 13.0. The van der Waals surface area contributed by atoms with Gasteiger partial charge in [-0.25, -0.2) is 0 Å². The van der Waals surface area contributed by atoms with Gasteiger partial charge in [-0.1, -0.05) is 36.4 Å². The standard InChI is InChI=1S/C21H23N3O3/c1-22-19(25)12-15-6-8-16(9-7-15)17-4-3-5-18(13-17)21(27)24-11-10-23(2)20(26)14-24/h3-9,13H,10-12,14H2,1-2H3,(H,22,25). The van der Waals surface area contributed by atoms with Crippen LogP contribution >= 0.6 is 0 Å².